The van der Waals surface area contributed by atoms with E-state index in [0.717, 1.165) is 12.8 Å². The molecule has 2 aromatic rings. The molecule has 8 heteroatoms. The second-order valence-corrected chi connectivity index (χ2v) is 6.73. The van der Waals surface area contributed by atoms with E-state index >= 15 is 0 Å². The molecular weight excluding hydrogens is 359 g/mol. The van der Waals surface area contributed by atoms with Crippen LogP contribution in [-0.4, -0.2) is 44.8 Å². The molecule has 1 aliphatic heterocycles. The van der Waals surface area contributed by atoms with Crippen LogP contribution in [0.5, 0.6) is 5.75 Å². The first kappa shape index (κ1) is 20.2. The van der Waals surface area contributed by atoms with Crippen LogP contribution in [-0.2, 0) is 0 Å². The van der Waals surface area contributed by atoms with E-state index in [2.05, 4.69) is 5.10 Å². The minimum Gasteiger partial charge on any atom is -0.504 e. The molecule has 0 aliphatic carbocycles. The van der Waals surface area contributed by atoms with Crippen molar-refractivity contribution >= 4 is 18.3 Å². The molecule has 1 unspecified atom stereocenters. The molecule has 142 valence electrons. The Morgan fingerprint density at radius 1 is 1.38 bits per heavy atom. The Bertz CT molecular complexity index is 785. The SMILES string of the molecule is Cc1cc(F)ccc1-n1cc(O)c(C(=O)N2CCC(C(C)N)CC2)n1.Cl. The van der Waals surface area contributed by atoms with E-state index in [1.165, 1.54) is 23.0 Å². The number of carbonyl (C=O) groups excluding carboxylic acids is 1. The number of nitrogens with zero attached hydrogens (tertiary/aromatic N) is 3. The number of rotatable bonds is 3. The predicted molar refractivity (Wildman–Crippen MR) is 99.4 cm³/mol. The van der Waals surface area contributed by atoms with Gasteiger partial charge in [-0.05, 0) is 56.4 Å². The average molecular weight is 383 g/mol. The average Bonchev–Trinajstić information content (AvgIpc) is 2.95. The Kier molecular flexibility index (Phi) is 6.26. The van der Waals surface area contributed by atoms with E-state index in [1.54, 1.807) is 17.9 Å². The van der Waals surface area contributed by atoms with Gasteiger partial charge in [-0.15, -0.1) is 12.4 Å². The van der Waals surface area contributed by atoms with Gasteiger partial charge >= 0.3 is 0 Å². The topological polar surface area (TPSA) is 84.4 Å². The summed E-state index contributed by atoms with van der Waals surface area (Å²) >= 11 is 0. The first-order valence-corrected chi connectivity index (χ1v) is 8.47. The van der Waals surface area contributed by atoms with Crippen LogP contribution >= 0.6 is 12.4 Å². The van der Waals surface area contributed by atoms with Crippen molar-refractivity contribution in [1.29, 1.82) is 0 Å². The molecule has 1 aromatic carbocycles. The van der Waals surface area contributed by atoms with E-state index < -0.39 is 0 Å². The Morgan fingerprint density at radius 2 is 2.04 bits per heavy atom. The van der Waals surface area contributed by atoms with Gasteiger partial charge in [0.15, 0.2) is 11.4 Å². The molecule has 3 N–H and O–H groups in total. The molecule has 1 aromatic heterocycles. The maximum atomic E-state index is 13.3. The second-order valence-electron chi connectivity index (χ2n) is 6.73. The number of aryl methyl sites for hydroxylation is 1. The highest BCUT2D eigenvalue weighted by molar-refractivity contribution is 5.94. The monoisotopic (exact) mass is 382 g/mol. The van der Waals surface area contributed by atoms with Crippen LogP contribution in [0.3, 0.4) is 0 Å². The Labute approximate surface area is 158 Å². The normalized spacial score (nSPS) is 16.2. The van der Waals surface area contributed by atoms with Crippen LogP contribution in [0.2, 0.25) is 0 Å². The molecule has 1 saturated heterocycles. The van der Waals surface area contributed by atoms with Crippen molar-refractivity contribution in [2.24, 2.45) is 11.7 Å². The van der Waals surface area contributed by atoms with Crippen LogP contribution in [0.4, 0.5) is 4.39 Å². The molecule has 2 heterocycles. The van der Waals surface area contributed by atoms with E-state index in [-0.39, 0.29) is 41.6 Å². The molecule has 6 nitrogen and oxygen atoms in total. The number of aromatic nitrogens is 2. The third-order valence-electron chi connectivity index (χ3n) is 4.87. The van der Waals surface area contributed by atoms with Gasteiger partial charge in [-0.2, -0.15) is 5.10 Å². The van der Waals surface area contributed by atoms with Crippen LogP contribution in [0.25, 0.3) is 5.69 Å². The van der Waals surface area contributed by atoms with Gasteiger partial charge in [0, 0.05) is 19.1 Å². The third kappa shape index (κ3) is 3.99. The zero-order chi connectivity index (χ0) is 18.1. The van der Waals surface area contributed by atoms with Crippen molar-refractivity contribution in [3.63, 3.8) is 0 Å². The fourth-order valence-electron chi connectivity index (χ4n) is 3.29. The predicted octanol–water partition coefficient (Wildman–Crippen LogP) is 2.65. The molecule has 0 bridgehead atoms. The van der Waals surface area contributed by atoms with Crippen molar-refractivity contribution in [3.8, 4) is 11.4 Å². The highest BCUT2D eigenvalue weighted by atomic mass is 35.5. The number of benzene rings is 1. The first-order valence-electron chi connectivity index (χ1n) is 8.47. The summed E-state index contributed by atoms with van der Waals surface area (Å²) in [4.78, 5) is 14.4. The summed E-state index contributed by atoms with van der Waals surface area (Å²) in [5.41, 5.74) is 7.23. The third-order valence-corrected chi connectivity index (χ3v) is 4.87. The molecule has 3 rings (SSSR count). The van der Waals surface area contributed by atoms with E-state index in [1.807, 2.05) is 6.92 Å². The number of amides is 1. The zero-order valence-corrected chi connectivity index (χ0v) is 15.7. The van der Waals surface area contributed by atoms with Crippen molar-refractivity contribution in [1.82, 2.24) is 14.7 Å². The van der Waals surface area contributed by atoms with Gasteiger partial charge in [0.25, 0.3) is 5.91 Å². The summed E-state index contributed by atoms with van der Waals surface area (Å²) in [5.74, 6) is -0.398. The van der Waals surface area contributed by atoms with E-state index in [0.29, 0.717) is 30.3 Å². The van der Waals surface area contributed by atoms with Crippen LogP contribution in [0, 0.1) is 18.7 Å². The fraction of sp³-hybridized carbons (Fsp3) is 0.444. The number of aromatic hydroxyl groups is 1. The fourth-order valence-corrected chi connectivity index (χ4v) is 3.29. The second kappa shape index (κ2) is 8.05. The Balaban J connectivity index is 0.00000243. The lowest BCUT2D eigenvalue weighted by molar-refractivity contribution is 0.0671. The minimum absolute atomic E-state index is 0. The molecule has 1 aliphatic rings. The summed E-state index contributed by atoms with van der Waals surface area (Å²) in [5, 5.41) is 14.4. The largest absolute Gasteiger partial charge is 0.504 e. The maximum Gasteiger partial charge on any atom is 0.278 e. The highest BCUT2D eigenvalue weighted by Crippen LogP contribution is 2.25. The van der Waals surface area contributed by atoms with Gasteiger partial charge in [0.2, 0.25) is 0 Å². The van der Waals surface area contributed by atoms with Gasteiger partial charge in [-0.3, -0.25) is 4.79 Å². The van der Waals surface area contributed by atoms with Crippen molar-refractivity contribution in [3.05, 3.63) is 41.5 Å². The molecule has 0 saturated carbocycles. The summed E-state index contributed by atoms with van der Waals surface area (Å²) in [6.45, 7) is 4.94. The minimum atomic E-state index is -0.342. The Hall–Kier alpha value is -2.12. The highest BCUT2D eigenvalue weighted by Gasteiger charge is 2.28. The van der Waals surface area contributed by atoms with E-state index in [9.17, 15) is 14.3 Å². The molecule has 0 spiro atoms. The molecule has 26 heavy (non-hydrogen) atoms. The number of hydrogen-bond donors (Lipinski definition) is 2. The number of hydrogen-bond acceptors (Lipinski definition) is 4. The number of nitrogens with two attached hydrogens (primary N) is 1. The summed E-state index contributed by atoms with van der Waals surface area (Å²) in [6, 6.07) is 4.39. The van der Waals surface area contributed by atoms with Crippen molar-refractivity contribution < 1.29 is 14.3 Å². The first-order chi connectivity index (χ1) is 11.9. The van der Waals surface area contributed by atoms with Crippen LogP contribution in [0.15, 0.2) is 24.4 Å². The standard InChI is InChI=1S/C18H23FN4O2.ClH/c1-11-9-14(19)3-4-15(11)23-10-16(24)17(21-23)18(25)22-7-5-13(6-8-22)12(2)20;/h3-4,9-10,12-13,24H,5-8,20H2,1-2H3;1H. The number of likely N-dealkylation sites (tertiary alicyclic amines) is 1. The number of carbonyl (C=O) groups is 1. The van der Waals surface area contributed by atoms with Crippen molar-refractivity contribution in [2.75, 3.05) is 13.1 Å². The molecule has 1 fully saturated rings. The lowest BCUT2D eigenvalue weighted by Crippen LogP contribution is -2.42. The van der Waals surface area contributed by atoms with Gasteiger partial charge in [-0.25, -0.2) is 9.07 Å². The zero-order valence-electron chi connectivity index (χ0n) is 14.9. The number of halogens is 2. The molecule has 1 amide bonds. The van der Waals surface area contributed by atoms with Gasteiger partial charge in [-0.1, -0.05) is 0 Å². The summed E-state index contributed by atoms with van der Waals surface area (Å²) < 4.78 is 14.7. The van der Waals surface area contributed by atoms with Gasteiger partial charge in [0.1, 0.15) is 5.82 Å². The van der Waals surface area contributed by atoms with Crippen LogP contribution in [0.1, 0.15) is 35.8 Å². The van der Waals surface area contributed by atoms with Gasteiger partial charge in [0.05, 0.1) is 11.9 Å². The van der Waals surface area contributed by atoms with E-state index in [4.69, 9.17) is 5.73 Å². The quantitative estimate of drug-likeness (QED) is 0.854. The molecular formula is C18H24ClFN4O2. The van der Waals surface area contributed by atoms with Crippen LogP contribution < -0.4 is 5.73 Å². The Morgan fingerprint density at radius 3 is 2.62 bits per heavy atom. The molecule has 0 radical (unpaired) electrons. The van der Waals surface area contributed by atoms with Crippen molar-refractivity contribution in [2.45, 2.75) is 32.7 Å². The maximum absolute atomic E-state index is 13.3. The summed E-state index contributed by atoms with van der Waals surface area (Å²) in [7, 11) is 0. The smallest absolute Gasteiger partial charge is 0.278 e. The molecule has 1 atom stereocenters. The summed E-state index contributed by atoms with van der Waals surface area (Å²) in [6.07, 6.45) is 3.08. The number of piperidine rings is 1. The lowest BCUT2D eigenvalue weighted by Gasteiger charge is -2.33. The van der Waals surface area contributed by atoms with Gasteiger partial charge < -0.3 is 15.7 Å². The lowest BCUT2D eigenvalue weighted by atomic mass is 9.91.